The van der Waals surface area contributed by atoms with E-state index in [1.807, 2.05) is 89.8 Å². The van der Waals surface area contributed by atoms with Gasteiger partial charge in [-0.15, -0.1) is 22.7 Å². The van der Waals surface area contributed by atoms with Gasteiger partial charge in [-0.25, -0.2) is 9.97 Å². The average Bonchev–Trinajstić information content (AvgIpc) is 4.15. The lowest BCUT2D eigenvalue weighted by Crippen LogP contribution is -2.44. The smallest absolute Gasteiger partial charge is 0.250 e. The topological polar surface area (TPSA) is 95.5 Å². The van der Waals surface area contributed by atoms with E-state index in [2.05, 4.69) is 53.8 Å². The van der Waals surface area contributed by atoms with Crippen molar-refractivity contribution in [2.75, 3.05) is 13.1 Å². The van der Waals surface area contributed by atoms with Gasteiger partial charge in [0, 0.05) is 31.4 Å². The fraction of sp³-hybridized carbons (Fsp3) is 0.327. The van der Waals surface area contributed by atoms with Crippen LogP contribution in [0.1, 0.15) is 103 Å². The van der Waals surface area contributed by atoms with Crippen molar-refractivity contribution >= 4 is 40.4 Å². The number of thiazole rings is 2. The van der Waals surface area contributed by atoms with Crippen molar-refractivity contribution in [2.45, 2.75) is 82.3 Å². The Hall–Kier alpha value is -5.45. The Balaban J connectivity index is 0.853. The summed E-state index contributed by atoms with van der Waals surface area (Å²) in [6.45, 7) is 3.42. The summed E-state index contributed by atoms with van der Waals surface area (Å²) >= 11 is 3.33. The second-order valence-corrected chi connectivity index (χ2v) is 18.3. The monoisotopic (exact) mass is 819 g/mol. The highest BCUT2D eigenvalue weighted by Gasteiger charge is 2.38. The van der Waals surface area contributed by atoms with Gasteiger partial charge in [-0.1, -0.05) is 122 Å². The van der Waals surface area contributed by atoms with Crippen LogP contribution in [0.5, 0.6) is 0 Å². The fourth-order valence-corrected chi connectivity index (χ4v) is 11.2. The van der Waals surface area contributed by atoms with E-state index < -0.39 is 6.04 Å². The third-order valence-corrected chi connectivity index (χ3v) is 14.7. The van der Waals surface area contributed by atoms with E-state index in [0.29, 0.717) is 6.54 Å². The molecule has 3 fully saturated rings. The maximum atomic E-state index is 14.3. The van der Waals surface area contributed by atoms with Gasteiger partial charge in [0.25, 0.3) is 0 Å². The number of aromatic nitrogens is 2. The van der Waals surface area contributed by atoms with Crippen LogP contribution in [0, 0.1) is 5.92 Å². The molecular formula is C49H49N5O3S2. The summed E-state index contributed by atoms with van der Waals surface area (Å²) in [6, 6.07) is 36.1. The second kappa shape index (κ2) is 17.4. The summed E-state index contributed by atoms with van der Waals surface area (Å²) in [5, 5.41) is 5.08. The van der Waals surface area contributed by atoms with Crippen LogP contribution in [0.3, 0.4) is 0 Å². The zero-order valence-corrected chi connectivity index (χ0v) is 35.0. The Morgan fingerprint density at radius 1 is 0.576 bits per heavy atom. The summed E-state index contributed by atoms with van der Waals surface area (Å²) in [6.07, 6.45) is 11.5. The molecule has 300 valence electrons. The van der Waals surface area contributed by atoms with E-state index >= 15 is 0 Å². The molecule has 0 spiro atoms. The first kappa shape index (κ1) is 39.0. The van der Waals surface area contributed by atoms with E-state index in [-0.39, 0.29) is 41.6 Å². The van der Waals surface area contributed by atoms with Crippen LogP contribution < -0.4 is 5.32 Å². The van der Waals surface area contributed by atoms with Crippen LogP contribution in [0.15, 0.2) is 122 Å². The van der Waals surface area contributed by atoms with Gasteiger partial charge in [-0.2, -0.15) is 0 Å². The molecule has 6 aromatic rings. The standard InChI is InChI=1S/C49H49N5O3S2/c1-32(33-12-4-2-5-13-33)48(56)53-28-10-18-40(53)46-50-30-42(58-46)36-24-20-34(21-25-36)35-22-26-37(27-23-35)43-31-51-47(59-43)41-19-11-29-54(41)49(57)44(38-14-6-3-7-15-38)52-45(55)39-16-8-9-17-39/h2-7,12-15,20-27,30-32,39-41,44H,8-11,16-19,28-29H2,1H3,(H,52,55)/t32-,40+,41+,44-/m1/s1. The zero-order chi connectivity index (χ0) is 40.3. The van der Waals surface area contributed by atoms with Crippen molar-refractivity contribution in [2.24, 2.45) is 5.92 Å². The number of carbonyl (C=O) groups excluding carboxylic acids is 3. The number of benzene rings is 4. The molecule has 8 nitrogen and oxygen atoms in total. The molecule has 1 aliphatic carbocycles. The highest BCUT2D eigenvalue weighted by atomic mass is 32.1. The predicted molar refractivity (Wildman–Crippen MR) is 236 cm³/mol. The van der Waals surface area contributed by atoms with Gasteiger partial charge < -0.3 is 15.1 Å². The quantitative estimate of drug-likeness (QED) is 0.140. The number of likely N-dealkylation sites (tertiary alicyclic amines) is 2. The lowest BCUT2D eigenvalue weighted by Gasteiger charge is -2.29. The Morgan fingerprint density at radius 3 is 1.54 bits per heavy atom. The highest BCUT2D eigenvalue weighted by molar-refractivity contribution is 7.15. The molecule has 1 N–H and O–H groups in total. The first-order valence-corrected chi connectivity index (χ1v) is 22.7. The molecule has 1 saturated carbocycles. The molecule has 0 bridgehead atoms. The van der Waals surface area contributed by atoms with Crippen molar-refractivity contribution in [1.82, 2.24) is 25.1 Å². The third kappa shape index (κ3) is 8.25. The second-order valence-electron chi connectivity index (χ2n) is 16.1. The molecular weight excluding hydrogens is 771 g/mol. The molecule has 2 aromatic heterocycles. The third-order valence-electron chi connectivity index (χ3n) is 12.4. The summed E-state index contributed by atoms with van der Waals surface area (Å²) < 4.78 is 0. The number of hydrogen-bond donors (Lipinski definition) is 1. The Labute approximate surface area is 354 Å². The highest BCUT2D eigenvalue weighted by Crippen LogP contribution is 2.41. The molecule has 2 saturated heterocycles. The van der Waals surface area contributed by atoms with Crippen molar-refractivity contribution in [3.63, 3.8) is 0 Å². The summed E-state index contributed by atoms with van der Waals surface area (Å²) in [4.78, 5) is 56.9. The van der Waals surface area contributed by atoms with Crippen molar-refractivity contribution in [3.8, 4) is 32.0 Å². The zero-order valence-electron chi connectivity index (χ0n) is 33.3. The predicted octanol–water partition coefficient (Wildman–Crippen LogP) is 10.8. The molecule has 2 aliphatic heterocycles. The fourth-order valence-electron chi connectivity index (χ4n) is 9.06. The van der Waals surface area contributed by atoms with E-state index in [4.69, 9.17) is 9.97 Å². The van der Waals surface area contributed by atoms with Crippen LogP contribution in [0.2, 0.25) is 0 Å². The lowest BCUT2D eigenvalue weighted by atomic mass is 9.99. The van der Waals surface area contributed by atoms with Crippen molar-refractivity contribution in [1.29, 1.82) is 0 Å². The normalized spacial score (nSPS) is 19.2. The molecule has 4 atom stereocenters. The summed E-state index contributed by atoms with van der Waals surface area (Å²) in [5.74, 6) is -0.103. The molecule has 10 heteroatoms. The number of amides is 3. The molecule has 0 unspecified atom stereocenters. The van der Waals surface area contributed by atoms with E-state index in [1.54, 1.807) is 22.7 Å². The number of rotatable bonds is 11. The lowest BCUT2D eigenvalue weighted by molar-refractivity contribution is -0.138. The van der Waals surface area contributed by atoms with Gasteiger partial charge in [0.05, 0.1) is 27.8 Å². The molecule has 3 amide bonds. The van der Waals surface area contributed by atoms with E-state index in [0.717, 1.165) is 111 Å². The molecule has 4 aromatic carbocycles. The van der Waals surface area contributed by atoms with Gasteiger partial charge in [0.15, 0.2) is 0 Å². The average molecular weight is 820 g/mol. The van der Waals surface area contributed by atoms with Crippen LogP contribution in [-0.2, 0) is 14.4 Å². The Kier molecular flexibility index (Phi) is 11.5. The van der Waals surface area contributed by atoms with Crippen LogP contribution in [0.4, 0.5) is 0 Å². The first-order valence-electron chi connectivity index (χ1n) is 21.0. The first-order chi connectivity index (χ1) is 28.9. The summed E-state index contributed by atoms with van der Waals surface area (Å²) in [5.41, 5.74) is 6.33. The van der Waals surface area contributed by atoms with Crippen molar-refractivity contribution < 1.29 is 14.4 Å². The SMILES string of the molecule is C[C@@H](C(=O)N1CCC[C@H]1c1ncc(-c2ccc(-c3ccc(-c4cnc([C@@H]5CCCN5C(=O)[C@H](NC(=O)C5CCCC5)c5ccccc5)s4)cc3)cc2)s1)c1ccccc1. The van der Waals surface area contributed by atoms with Gasteiger partial charge in [0.2, 0.25) is 17.7 Å². The minimum Gasteiger partial charge on any atom is -0.340 e. The largest absolute Gasteiger partial charge is 0.340 e. The minimum absolute atomic E-state index is 0.0132. The van der Waals surface area contributed by atoms with Crippen molar-refractivity contribution in [3.05, 3.63) is 143 Å². The van der Waals surface area contributed by atoms with Crippen LogP contribution >= 0.6 is 22.7 Å². The van der Waals surface area contributed by atoms with Gasteiger partial charge in [-0.05, 0) is 78.8 Å². The van der Waals surface area contributed by atoms with Crippen LogP contribution in [-0.4, -0.2) is 50.6 Å². The number of nitrogens with one attached hydrogen (secondary N) is 1. The maximum absolute atomic E-state index is 14.3. The van der Waals surface area contributed by atoms with E-state index in [1.165, 1.54) is 0 Å². The Bertz CT molecular complexity index is 2390. The number of carbonyl (C=O) groups is 3. The van der Waals surface area contributed by atoms with E-state index in [9.17, 15) is 14.4 Å². The van der Waals surface area contributed by atoms with Gasteiger partial charge in [0.1, 0.15) is 16.1 Å². The van der Waals surface area contributed by atoms with Crippen LogP contribution in [0.25, 0.3) is 32.0 Å². The summed E-state index contributed by atoms with van der Waals surface area (Å²) in [7, 11) is 0. The molecule has 3 aliphatic rings. The van der Waals surface area contributed by atoms with Gasteiger partial charge in [-0.3, -0.25) is 14.4 Å². The molecule has 9 rings (SSSR count). The Morgan fingerprint density at radius 2 is 1.03 bits per heavy atom. The number of nitrogens with zero attached hydrogens (tertiary/aromatic N) is 4. The molecule has 4 heterocycles. The van der Waals surface area contributed by atoms with Gasteiger partial charge >= 0.3 is 0 Å². The molecule has 0 radical (unpaired) electrons. The minimum atomic E-state index is -0.709. The number of hydrogen-bond acceptors (Lipinski definition) is 7. The molecule has 59 heavy (non-hydrogen) atoms. The maximum Gasteiger partial charge on any atom is 0.250 e.